The van der Waals surface area contributed by atoms with E-state index in [1.165, 1.54) is 4.88 Å². The first kappa shape index (κ1) is 18.6. The lowest BCUT2D eigenvalue weighted by molar-refractivity contribution is 0.217. The van der Waals surface area contributed by atoms with Crippen molar-refractivity contribution in [1.82, 2.24) is 9.62 Å². The molecule has 1 aliphatic heterocycles. The summed E-state index contributed by atoms with van der Waals surface area (Å²) < 4.78 is 28.3. The fraction of sp³-hybridized carbons (Fsp3) is 0.333. The van der Waals surface area contributed by atoms with Crippen molar-refractivity contribution in [2.75, 3.05) is 26.2 Å². The number of nitrogens with one attached hydrogen (secondary N) is 1. The summed E-state index contributed by atoms with van der Waals surface area (Å²) in [6.07, 6.45) is 2.30. The van der Waals surface area contributed by atoms with Crippen LogP contribution in [0.3, 0.4) is 0 Å². The summed E-state index contributed by atoms with van der Waals surface area (Å²) in [5.74, 6) is 0.661. The molecule has 0 radical (unpaired) electrons. The van der Waals surface area contributed by atoms with Crippen LogP contribution in [0.25, 0.3) is 10.8 Å². The molecule has 4 rings (SSSR count). The second-order valence-corrected chi connectivity index (χ2v) is 9.72. The van der Waals surface area contributed by atoms with Gasteiger partial charge in [0.1, 0.15) is 0 Å². The number of rotatable bonds is 6. The molecule has 3 aromatic rings. The van der Waals surface area contributed by atoms with Crippen molar-refractivity contribution in [2.45, 2.75) is 23.7 Å². The Bertz CT molecular complexity index is 987. The molecule has 0 amide bonds. The van der Waals surface area contributed by atoms with Crippen molar-refractivity contribution in [1.29, 1.82) is 0 Å². The number of fused-ring (bicyclic) bond motifs is 1. The molecule has 1 aromatic heterocycles. The van der Waals surface area contributed by atoms with Gasteiger partial charge in [0.15, 0.2) is 0 Å². The van der Waals surface area contributed by atoms with Gasteiger partial charge in [-0.05, 0) is 54.7 Å². The van der Waals surface area contributed by atoms with E-state index in [1.54, 1.807) is 12.1 Å². The lowest BCUT2D eigenvalue weighted by Crippen LogP contribution is -2.39. The van der Waals surface area contributed by atoms with Crippen LogP contribution < -0.4 is 4.72 Å². The van der Waals surface area contributed by atoms with Crippen molar-refractivity contribution < 1.29 is 8.42 Å². The highest BCUT2D eigenvalue weighted by molar-refractivity contribution is 7.89. The third kappa shape index (κ3) is 4.24. The minimum absolute atomic E-state index is 0.358. The summed E-state index contributed by atoms with van der Waals surface area (Å²) in [6, 6.07) is 17.4. The van der Waals surface area contributed by atoms with Gasteiger partial charge in [0, 0.05) is 23.4 Å². The Hall–Kier alpha value is -1.73. The Morgan fingerprint density at radius 3 is 2.56 bits per heavy atom. The van der Waals surface area contributed by atoms with Gasteiger partial charge in [-0.15, -0.1) is 11.3 Å². The molecule has 2 aromatic carbocycles. The van der Waals surface area contributed by atoms with Crippen molar-refractivity contribution in [3.8, 4) is 0 Å². The molecule has 0 unspecified atom stereocenters. The summed E-state index contributed by atoms with van der Waals surface area (Å²) in [6.45, 7) is 3.24. The molecular formula is C21H24N2O2S2. The zero-order valence-corrected chi connectivity index (χ0v) is 16.8. The molecule has 1 fully saturated rings. The average molecular weight is 401 g/mol. The smallest absolute Gasteiger partial charge is 0.241 e. The van der Waals surface area contributed by atoms with Crippen molar-refractivity contribution in [2.24, 2.45) is 0 Å². The Labute approximate surface area is 164 Å². The molecule has 1 aliphatic rings. The molecular weight excluding hydrogens is 376 g/mol. The number of nitrogens with zero attached hydrogens (tertiary/aromatic N) is 1. The minimum Gasteiger partial charge on any atom is -0.302 e. The molecule has 4 nitrogen and oxygen atoms in total. The van der Waals surface area contributed by atoms with Crippen LogP contribution in [0.5, 0.6) is 0 Å². The van der Waals surface area contributed by atoms with Crippen LogP contribution in [-0.4, -0.2) is 39.5 Å². The largest absolute Gasteiger partial charge is 0.302 e. The summed E-state index contributed by atoms with van der Waals surface area (Å²) in [5.41, 5.74) is 0. The molecule has 0 aliphatic carbocycles. The highest BCUT2D eigenvalue weighted by Gasteiger charge is 2.22. The number of sulfonamides is 1. The Morgan fingerprint density at radius 2 is 1.78 bits per heavy atom. The van der Waals surface area contributed by atoms with E-state index in [0.717, 1.165) is 43.2 Å². The van der Waals surface area contributed by atoms with E-state index in [1.807, 2.05) is 41.7 Å². The summed E-state index contributed by atoms with van der Waals surface area (Å²) in [7, 11) is -3.51. The van der Waals surface area contributed by atoms with Gasteiger partial charge in [-0.1, -0.05) is 42.5 Å². The SMILES string of the molecule is O=S(=O)(NCCN1CCC(c2cccs2)CC1)c1cccc2ccccc12. The van der Waals surface area contributed by atoms with Crippen molar-refractivity contribution in [3.63, 3.8) is 0 Å². The van der Waals surface area contributed by atoms with Gasteiger partial charge in [-0.25, -0.2) is 13.1 Å². The van der Waals surface area contributed by atoms with E-state index in [2.05, 4.69) is 27.1 Å². The van der Waals surface area contributed by atoms with Crippen LogP contribution in [0.1, 0.15) is 23.6 Å². The Balaban J connectivity index is 1.33. The fourth-order valence-corrected chi connectivity index (χ4v) is 5.96. The maximum Gasteiger partial charge on any atom is 0.241 e. The molecule has 6 heteroatoms. The van der Waals surface area contributed by atoms with Gasteiger partial charge < -0.3 is 4.90 Å². The van der Waals surface area contributed by atoms with Crippen LogP contribution in [-0.2, 0) is 10.0 Å². The predicted molar refractivity (Wildman–Crippen MR) is 112 cm³/mol. The summed E-state index contributed by atoms with van der Waals surface area (Å²) in [4.78, 5) is 4.19. The number of benzene rings is 2. The first-order valence-corrected chi connectivity index (χ1v) is 11.7. The van der Waals surface area contributed by atoms with Crippen LogP contribution in [0.4, 0.5) is 0 Å². The molecule has 27 heavy (non-hydrogen) atoms. The minimum atomic E-state index is -3.51. The Kier molecular flexibility index (Phi) is 5.59. The molecule has 0 spiro atoms. The van der Waals surface area contributed by atoms with E-state index in [9.17, 15) is 8.42 Å². The topological polar surface area (TPSA) is 49.4 Å². The van der Waals surface area contributed by atoms with Gasteiger partial charge >= 0.3 is 0 Å². The maximum absolute atomic E-state index is 12.8. The predicted octanol–water partition coefficient (Wildman–Crippen LogP) is 4.06. The highest BCUT2D eigenvalue weighted by atomic mass is 32.2. The van der Waals surface area contributed by atoms with E-state index in [0.29, 0.717) is 17.4 Å². The number of hydrogen-bond acceptors (Lipinski definition) is 4. The first-order chi connectivity index (χ1) is 13.1. The molecule has 0 saturated carbocycles. The van der Waals surface area contributed by atoms with Gasteiger partial charge in [0.05, 0.1) is 4.90 Å². The summed E-state index contributed by atoms with van der Waals surface area (Å²) in [5, 5.41) is 3.85. The lowest BCUT2D eigenvalue weighted by Gasteiger charge is -2.31. The van der Waals surface area contributed by atoms with Crippen molar-refractivity contribution >= 4 is 32.1 Å². The molecule has 0 atom stereocenters. The zero-order chi connectivity index (χ0) is 18.7. The van der Waals surface area contributed by atoms with Crippen LogP contribution in [0, 0.1) is 0 Å². The third-order valence-electron chi connectivity index (χ3n) is 5.29. The monoisotopic (exact) mass is 400 g/mol. The van der Waals surface area contributed by atoms with E-state index in [-0.39, 0.29) is 0 Å². The molecule has 142 valence electrons. The standard InChI is InChI=1S/C21H24N2O2S2/c24-27(25,21-9-3-6-17-5-1-2-7-19(17)21)22-12-15-23-13-10-18(11-14-23)20-8-4-16-26-20/h1-9,16,18,22H,10-15H2. The fourth-order valence-electron chi connectivity index (χ4n) is 3.81. The van der Waals surface area contributed by atoms with Crippen LogP contribution >= 0.6 is 11.3 Å². The van der Waals surface area contributed by atoms with E-state index in [4.69, 9.17) is 0 Å². The molecule has 1 saturated heterocycles. The maximum atomic E-state index is 12.8. The number of piperidine rings is 1. The van der Waals surface area contributed by atoms with Gasteiger partial charge in [-0.3, -0.25) is 0 Å². The quantitative estimate of drug-likeness (QED) is 0.679. The molecule has 1 N–H and O–H groups in total. The third-order valence-corrected chi connectivity index (χ3v) is 7.85. The number of hydrogen-bond donors (Lipinski definition) is 1. The molecule has 2 heterocycles. The highest BCUT2D eigenvalue weighted by Crippen LogP contribution is 2.30. The number of thiophene rings is 1. The normalized spacial score (nSPS) is 16.7. The second kappa shape index (κ2) is 8.10. The van der Waals surface area contributed by atoms with Gasteiger partial charge in [-0.2, -0.15) is 0 Å². The van der Waals surface area contributed by atoms with Crippen LogP contribution in [0.2, 0.25) is 0 Å². The lowest BCUT2D eigenvalue weighted by atomic mass is 9.95. The van der Waals surface area contributed by atoms with Gasteiger partial charge in [0.25, 0.3) is 0 Å². The van der Waals surface area contributed by atoms with Gasteiger partial charge in [0.2, 0.25) is 10.0 Å². The van der Waals surface area contributed by atoms with E-state index >= 15 is 0 Å². The average Bonchev–Trinajstić information content (AvgIpc) is 3.23. The van der Waals surface area contributed by atoms with Crippen LogP contribution in [0.15, 0.2) is 64.9 Å². The Morgan fingerprint density at radius 1 is 1.00 bits per heavy atom. The number of likely N-dealkylation sites (tertiary alicyclic amines) is 1. The van der Waals surface area contributed by atoms with E-state index < -0.39 is 10.0 Å². The van der Waals surface area contributed by atoms with Crippen molar-refractivity contribution in [3.05, 3.63) is 64.9 Å². The summed E-state index contributed by atoms with van der Waals surface area (Å²) >= 11 is 1.84. The zero-order valence-electron chi connectivity index (χ0n) is 15.2. The first-order valence-electron chi connectivity index (χ1n) is 9.37. The molecule has 0 bridgehead atoms. The second-order valence-electron chi connectivity index (χ2n) is 7.01.